The number of hydrogen-bond donors (Lipinski definition) is 1. The molecule has 4 amide bonds. The third kappa shape index (κ3) is 3.08. The average Bonchev–Trinajstić information content (AvgIpc) is 3.20. The Bertz CT molecular complexity index is 1110. The van der Waals surface area contributed by atoms with Crippen LogP contribution in [0.1, 0.15) is 56.6 Å². The van der Waals surface area contributed by atoms with Crippen molar-refractivity contribution < 1.29 is 24.3 Å². The molecule has 0 unspecified atom stereocenters. The Kier molecular flexibility index (Phi) is 5.61. The summed E-state index contributed by atoms with van der Waals surface area (Å²) in [4.78, 5) is 56.2. The normalized spacial score (nSPS) is 32.6. The Hall–Kier alpha value is -2.96. The number of carbonyl (C=O) groups is 4. The minimum Gasteiger partial charge on any atom is -0.507 e. The Morgan fingerprint density at radius 1 is 0.853 bits per heavy atom. The zero-order valence-corrected chi connectivity index (χ0v) is 20.0. The first-order valence-corrected chi connectivity index (χ1v) is 12.5. The van der Waals surface area contributed by atoms with Crippen molar-refractivity contribution in [3.63, 3.8) is 0 Å². The number of amides is 4. The molecule has 0 radical (unpaired) electrons. The van der Waals surface area contributed by atoms with Gasteiger partial charge in [-0.2, -0.15) is 0 Å². The van der Waals surface area contributed by atoms with Crippen molar-refractivity contribution in [2.45, 2.75) is 52.4 Å². The second-order valence-electron chi connectivity index (χ2n) is 10.2. The first-order chi connectivity index (χ1) is 16.3. The fourth-order valence-electron chi connectivity index (χ4n) is 6.89. The minimum atomic E-state index is -0.593. The molecule has 2 saturated heterocycles. The van der Waals surface area contributed by atoms with Crippen LogP contribution in [0, 0.1) is 36.5 Å². The lowest BCUT2D eigenvalue weighted by Crippen LogP contribution is -2.43. The standard InChI is InChI=1S/C27H32N2O5/c1-4-11-28-24(31)17-10-9-15-18(21(17)26(28)33)13-19-22(27(34)29(12-5-2)25(19)32)20(15)16-8-6-7-14(3)23(16)30/h6-9,17-22,30H,4-5,10-13H2,1-3H3/t17-,18+,19+,20+,21-,22+/m0/s1. The summed E-state index contributed by atoms with van der Waals surface area (Å²) in [6, 6.07) is 5.49. The van der Waals surface area contributed by atoms with E-state index in [2.05, 4.69) is 0 Å². The molecule has 7 heteroatoms. The van der Waals surface area contributed by atoms with Gasteiger partial charge in [-0.25, -0.2) is 0 Å². The molecule has 2 aliphatic carbocycles. The summed E-state index contributed by atoms with van der Waals surface area (Å²) in [5.74, 6) is -3.34. The number of imide groups is 2. The SMILES string of the molecule is CCCN1C(=O)[C@H]2[C@H](CC=C3[C@H]2C[C@H]2C(=O)N(CCC)C(=O)[C@H]2[C@H]3c2cccc(C)c2O)C1=O. The molecule has 1 saturated carbocycles. The average molecular weight is 465 g/mol. The molecular formula is C27H32N2O5. The van der Waals surface area contributed by atoms with E-state index in [0.717, 1.165) is 5.57 Å². The van der Waals surface area contributed by atoms with Crippen molar-refractivity contribution in [1.82, 2.24) is 9.80 Å². The number of aromatic hydroxyl groups is 1. The number of rotatable bonds is 5. The first-order valence-electron chi connectivity index (χ1n) is 12.5. The number of fused-ring (bicyclic) bond motifs is 4. The number of nitrogens with zero attached hydrogens (tertiary/aromatic N) is 2. The zero-order valence-electron chi connectivity index (χ0n) is 20.0. The molecule has 2 heterocycles. The van der Waals surface area contributed by atoms with E-state index in [9.17, 15) is 24.3 Å². The quantitative estimate of drug-likeness (QED) is 0.534. The van der Waals surface area contributed by atoms with Crippen LogP contribution in [0.15, 0.2) is 29.8 Å². The second-order valence-corrected chi connectivity index (χ2v) is 10.2. The molecule has 6 atom stereocenters. The van der Waals surface area contributed by atoms with E-state index in [1.807, 2.05) is 45.0 Å². The van der Waals surface area contributed by atoms with Gasteiger partial charge >= 0.3 is 0 Å². The summed E-state index contributed by atoms with van der Waals surface area (Å²) in [7, 11) is 0. The molecule has 3 fully saturated rings. The zero-order chi connectivity index (χ0) is 24.3. The first kappa shape index (κ1) is 22.8. The van der Waals surface area contributed by atoms with Crippen LogP contribution in [0.4, 0.5) is 0 Å². The van der Waals surface area contributed by atoms with Gasteiger partial charge in [0.1, 0.15) is 5.75 Å². The molecule has 7 nitrogen and oxygen atoms in total. The van der Waals surface area contributed by atoms with Crippen LogP contribution in [0.25, 0.3) is 0 Å². The number of allylic oxidation sites excluding steroid dienone is 2. The van der Waals surface area contributed by atoms with Crippen molar-refractivity contribution >= 4 is 23.6 Å². The van der Waals surface area contributed by atoms with Gasteiger partial charge in [0.15, 0.2) is 0 Å². The second kappa shape index (κ2) is 8.36. The summed E-state index contributed by atoms with van der Waals surface area (Å²) in [5.41, 5.74) is 2.27. The third-order valence-electron chi connectivity index (χ3n) is 8.33. The van der Waals surface area contributed by atoms with Crippen LogP contribution in [0.3, 0.4) is 0 Å². The van der Waals surface area contributed by atoms with Crippen molar-refractivity contribution in [1.29, 1.82) is 0 Å². The van der Waals surface area contributed by atoms with Crippen LogP contribution in [-0.2, 0) is 19.2 Å². The smallest absolute Gasteiger partial charge is 0.234 e. The summed E-state index contributed by atoms with van der Waals surface area (Å²) in [5, 5.41) is 11.0. The highest BCUT2D eigenvalue weighted by Crippen LogP contribution is 2.58. The molecule has 1 aromatic rings. The fraction of sp³-hybridized carbons (Fsp3) is 0.556. The third-order valence-corrected chi connectivity index (χ3v) is 8.33. The number of likely N-dealkylation sites (tertiary alicyclic amines) is 2. The number of hydrogen-bond acceptors (Lipinski definition) is 5. The maximum absolute atomic E-state index is 13.5. The highest BCUT2D eigenvalue weighted by Gasteiger charge is 2.61. The molecule has 2 aliphatic heterocycles. The van der Waals surface area contributed by atoms with Crippen LogP contribution in [0.5, 0.6) is 5.75 Å². The number of phenolic OH excluding ortho intramolecular Hbond substituents is 1. The fourth-order valence-corrected chi connectivity index (χ4v) is 6.89. The predicted molar refractivity (Wildman–Crippen MR) is 124 cm³/mol. The van der Waals surface area contributed by atoms with E-state index in [0.29, 0.717) is 49.9 Å². The number of aryl methyl sites for hydroxylation is 1. The lowest BCUT2D eigenvalue weighted by Gasteiger charge is -2.44. The number of benzene rings is 1. The van der Waals surface area contributed by atoms with E-state index in [1.54, 1.807) is 0 Å². The van der Waals surface area contributed by atoms with Crippen molar-refractivity contribution in [2.24, 2.45) is 29.6 Å². The van der Waals surface area contributed by atoms with Crippen LogP contribution in [-0.4, -0.2) is 51.6 Å². The lowest BCUT2D eigenvalue weighted by atomic mass is 9.57. The summed E-state index contributed by atoms with van der Waals surface area (Å²) >= 11 is 0. The van der Waals surface area contributed by atoms with E-state index < -0.39 is 29.6 Å². The Morgan fingerprint density at radius 2 is 1.47 bits per heavy atom. The van der Waals surface area contributed by atoms with Crippen molar-refractivity contribution in [2.75, 3.05) is 13.1 Å². The van der Waals surface area contributed by atoms with Gasteiger partial charge < -0.3 is 5.11 Å². The van der Waals surface area contributed by atoms with Crippen molar-refractivity contribution in [3.8, 4) is 5.75 Å². The summed E-state index contributed by atoms with van der Waals surface area (Å²) < 4.78 is 0. The largest absolute Gasteiger partial charge is 0.507 e. The number of carbonyl (C=O) groups excluding carboxylic acids is 4. The van der Waals surface area contributed by atoms with Crippen LogP contribution >= 0.6 is 0 Å². The van der Waals surface area contributed by atoms with Gasteiger partial charge in [0, 0.05) is 24.6 Å². The van der Waals surface area contributed by atoms with Gasteiger partial charge in [-0.05, 0) is 44.1 Å². The van der Waals surface area contributed by atoms with E-state index >= 15 is 0 Å². The number of phenols is 1. The van der Waals surface area contributed by atoms with Gasteiger partial charge in [0.2, 0.25) is 23.6 Å². The summed E-state index contributed by atoms with van der Waals surface area (Å²) in [6.07, 6.45) is 4.24. The minimum absolute atomic E-state index is 0.120. The molecule has 1 N–H and O–H groups in total. The highest BCUT2D eigenvalue weighted by atomic mass is 16.3. The molecule has 0 bridgehead atoms. The summed E-state index contributed by atoms with van der Waals surface area (Å²) in [6.45, 7) is 6.47. The number of para-hydroxylation sites is 1. The Balaban J connectivity index is 1.64. The molecule has 4 aliphatic rings. The maximum atomic E-state index is 13.5. The predicted octanol–water partition coefficient (Wildman–Crippen LogP) is 3.16. The monoisotopic (exact) mass is 464 g/mol. The van der Waals surface area contributed by atoms with Gasteiger partial charge in [-0.3, -0.25) is 29.0 Å². The van der Waals surface area contributed by atoms with Crippen LogP contribution in [0.2, 0.25) is 0 Å². The molecule has 34 heavy (non-hydrogen) atoms. The van der Waals surface area contributed by atoms with E-state index in [-0.39, 0.29) is 35.3 Å². The van der Waals surface area contributed by atoms with Gasteiger partial charge in [0.25, 0.3) is 0 Å². The molecule has 0 spiro atoms. The van der Waals surface area contributed by atoms with E-state index in [4.69, 9.17) is 0 Å². The molecule has 5 rings (SSSR count). The molecular weight excluding hydrogens is 432 g/mol. The van der Waals surface area contributed by atoms with Crippen molar-refractivity contribution in [3.05, 3.63) is 41.0 Å². The maximum Gasteiger partial charge on any atom is 0.234 e. The van der Waals surface area contributed by atoms with Gasteiger partial charge in [-0.15, -0.1) is 0 Å². The Morgan fingerprint density at radius 3 is 2.12 bits per heavy atom. The molecule has 180 valence electrons. The topological polar surface area (TPSA) is 95.0 Å². The van der Waals surface area contributed by atoms with Gasteiger partial charge in [-0.1, -0.05) is 43.7 Å². The van der Waals surface area contributed by atoms with Gasteiger partial charge in [0.05, 0.1) is 23.7 Å². The van der Waals surface area contributed by atoms with E-state index in [1.165, 1.54) is 9.80 Å². The van der Waals surface area contributed by atoms with Crippen LogP contribution < -0.4 is 0 Å². The molecule has 0 aromatic heterocycles. The highest BCUT2D eigenvalue weighted by molar-refractivity contribution is 6.08. The Labute approximate surface area is 199 Å². The molecule has 1 aromatic carbocycles. The lowest BCUT2D eigenvalue weighted by molar-refractivity contribution is -0.142.